The van der Waals surface area contributed by atoms with Crippen LogP contribution in [-0.2, 0) is 6.54 Å². The van der Waals surface area contributed by atoms with Crippen molar-refractivity contribution >= 4 is 28.6 Å². The van der Waals surface area contributed by atoms with Gasteiger partial charge < -0.3 is 5.32 Å². The SMILES string of the molecule is Cc1ncsc1CNc1cnccc1Cl. The van der Waals surface area contributed by atoms with Crippen LogP contribution in [0.2, 0.25) is 5.02 Å². The third-order valence-corrected chi connectivity index (χ3v) is 3.32. The number of anilines is 1. The lowest BCUT2D eigenvalue weighted by Crippen LogP contribution is -1.99. The fourth-order valence-corrected chi connectivity index (χ4v) is 2.07. The van der Waals surface area contributed by atoms with E-state index in [4.69, 9.17) is 11.6 Å². The summed E-state index contributed by atoms with van der Waals surface area (Å²) in [4.78, 5) is 9.41. The van der Waals surface area contributed by atoms with Crippen molar-refractivity contribution in [1.29, 1.82) is 0 Å². The molecule has 0 bridgehead atoms. The monoisotopic (exact) mass is 239 g/mol. The molecule has 0 radical (unpaired) electrons. The number of aryl methyl sites for hydroxylation is 1. The molecule has 0 atom stereocenters. The number of pyridine rings is 1. The third kappa shape index (κ3) is 2.46. The molecule has 15 heavy (non-hydrogen) atoms. The molecule has 2 heterocycles. The summed E-state index contributed by atoms with van der Waals surface area (Å²) in [6.07, 6.45) is 3.39. The number of nitrogens with one attached hydrogen (secondary N) is 1. The summed E-state index contributed by atoms with van der Waals surface area (Å²) in [5, 5.41) is 3.92. The highest BCUT2D eigenvalue weighted by molar-refractivity contribution is 7.09. The maximum atomic E-state index is 5.99. The van der Waals surface area contributed by atoms with E-state index in [1.807, 2.05) is 12.4 Å². The number of thiazole rings is 1. The van der Waals surface area contributed by atoms with Crippen LogP contribution in [0, 0.1) is 6.92 Å². The molecule has 2 aromatic rings. The lowest BCUT2D eigenvalue weighted by atomic mass is 10.3. The maximum absolute atomic E-state index is 5.99. The first kappa shape index (κ1) is 10.4. The zero-order chi connectivity index (χ0) is 10.7. The molecule has 0 aromatic carbocycles. The van der Waals surface area contributed by atoms with Gasteiger partial charge in [-0.2, -0.15) is 0 Å². The summed E-state index contributed by atoms with van der Waals surface area (Å²) in [7, 11) is 0. The second kappa shape index (κ2) is 4.59. The van der Waals surface area contributed by atoms with Gasteiger partial charge in [0.05, 0.1) is 34.7 Å². The average Bonchev–Trinajstić information content (AvgIpc) is 2.63. The molecular weight excluding hydrogens is 230 g/mol. The maximum Gasteiger partial charge on any atom is 0.0798 e. The van der Waals surface area contributed by atoms with Crippen molar-refractivity contribution in [2.24, 2.45) is 0 Å². The zero-order valence-electron chi connectivity index (χ0n) is 8.20. The average molecular weight is 240 g/mol. The van der Waals surface area contributed by atoms with Crippen LogP contribution in [-0.4, -0.2) is 9.97 Å². The summed E-state index contributed by atoms with van der Waals surface area (Å²) in [6, 6.07) is 1.77. The van der Waals surface area contributed by atoms with E-state index in [2.05, 4.69) is 15.3 Å². The first-order chi connectivity index (χ1) is 7.27. The van der Waals surface area contributed by atoms with Crippen molar-refractivity contribution in [3.63, 3.8) is 0 Å². The van der Waals surface area contributed by atoms with Gasteiger partial charge in [-0.3, -0.25) is 4.98 Å². The Morgan fingerprint density at radius 2 is 2.40 bits per heavy atom. The highest BCUT2D eigenvalue weighted by Crippen LogP contribution is 2.21. The fraction of sp³-hybridized carbons (Fsp3) is 0.200. The molecule has 0 aliphatic carbocycles. The molecule has 5 heteroatoms. The largest absolute Gasteiger partial charge is 0.378 e. The van der Waals surface area contributed by atoms with Gasteiger partial charge in [-0.25, -0.2) is 4.98 Å². The molecular formula is C10H10ClN3S. The van der Waals surface area contributed by atoms with Crippen LogP contribution in [0.3, 0.4) is 0 Å². The molecule has 1 N–H and O–H groups in total. The summed E-state index contributed by atoms with van der Waals surface area (Å²) < 4.78 is 0. The number of rotatable bonds is 3. The Labute approximate surface area is 97.2 Å². The molecule has 0 fully saturated rings. The summed E-state index contributed by atoms with van der Waals surface area (Å²) in [5.41, 5.74) is 3.76. The van der Waals surface area contributed by atoms with Crippen molar-refractivity contribution in [1.82, 2.24) is 9.97 Å². The van der Waals surface area contributed by atoms with E-state index in [9.17, 15) is 0 Å². The molecule has 0 spiro atoms. The van der Waals surface area contributed by atoms with E-state index in [-0.39, 0.29) is 0 Å². The van der Waals surface area contributed by atoms with Crippen LogP contribution in [0.15, 0.2) is 24.0 Å². The van der Waals surface area contributed by atoms with E-state index >= 15 is 0 Å². The van der Waals surface area contributed by atoms with E-state index < -0.39 is 0 Å². The number of nitrogens with zero attached hydrogens (tertiary/aromatic N) is 2. The Kier molecular flexibility index (Phi) is 3.18. The van der Waals surface area contributed by atoms with Crippen molar-refractivity contribution in [3.8, 4) is 0 Å². The van der Waals surface area contributed by atoms with Crippen LogP contribution >= 0.6 is 22.9 Å². The second-order valence-corrected chi connectivity index (χ2v) is 4.42. The minimum absolute atomic E-state index is 0.687. The summed E-state index contributed by atoms with van der Waals surface area (Å²) in [6.45, 7) is 2.74. The fourth-order valence-electron chi connectivity index (χ4n) is 1.18. The van der Waals surface area contributed by atoms with Gasteiger partial charge in [-0.05, 0) is 13.0 Å². The van der Waals surface area contributed by atoms with Crippen LogP contribution in [0.25, 0.3) is 0 Å². The van der Waals surface area contributed by atoms with Gasteiger partial charge in [-0.15, -0.1) is 11.3 Å². The van der Waals surface area contributed by atoms with E-state index in [0.29, 0.717) is 5.02 Å². The van der Waals surface area contributed by atoms with Gasteiger partial charge in [0.25, 0.3) is 0 Å². The molecule has 0 aliphatic heterocycles. The van der Waals surface area contributed by atoms with Crippen LogP contribution < -0.4 is 5.32 Å². The molecule has 2 rings (SSSR count). The van der Waals surface area contributed by atoms with Gasteiger partial charge in [0.2, 0.25) is 0 Å². The minimum atomic E-state index is 0.687. The van der Waals surface area contributed by atoms with Gasteiger partial charge >= 0.3 is 0 Å². The molecule has 2 aromatic heterocycles. The lowest BCUT2D eigenvalue weighted by Gasteiger charge is -2.06. The molecule has 0 saturated carbocycles. The number of hydrogen-bond acceptors (Lipinski definition) is 4. The Morgan fingerprint density at radius 3 is 3.07 bits per heavy atom. The van der Waals surface area contributed by atoms with Gasteiger partial charge in [0.15, 0.2) is 0 Å². The van der Waals surface area contributed by atoms with E-state index in [1.165, 1.54) is 4.88 Å². The zero-order valence-corrected chi connectivity index (χ0v) is 9.77. The molecule has 0 saturated heterocycles. The Hall–Kier alpha value is -1.13. The minimum Gasteiger partial charge on any atom is -0.378 e. The normalized spacial score (nSPS) is 10.3. The first-order valence-electron chi connectivity index (χ1n) is 4.49. The molecule has 3 nitrogen and oxygen atoms in total. The smallest absolute Gasteiger partial charge is 0.0798 e. The number of halogens is 1. The van der Waals surface area contributed by atoms with Crippen LogP contribution in [0.1, 0.15) is 10.6 Å². The Balaban J connectivity index is 2.06. The topological polar surface area (TPSA) is 37.8 Å². The van der Waals surface area contributed by atoms with Crippen molar-refractivity contribution in [2.75, 3.05) is 5.32 Å². The molecule has 0 unspecified atom stereocenters. The quantitative estimate of drug-likeness (QED) is 0.895. The Bertz CT molecular complexity index is 455. The standard InChI is InChI=1S/C10H10ClN3S/c1-7-10(15-6-14-7)5-13-9-4-12-3-2-8(9)11/h2-4,6,13H,5H2,1H3. The summed E-state index contributed by atoms with van der Waals surface area (Å²) in [5.74, 6) is 0. The number of aromatic nitrogens is 2. The second-order valence-electron chi connectivity index (χ2n) is 3.07. The van der Waals surface area contributed by atoms with Crippen LogP contribution in [0.4, 0.5) is 5.69 Å². The van der Waals surface area contributed by atoms with Gasteiger partial charge in [0, 0.05) is 11.1 Å². The van der Waals surface area contributed by atoms with Gasteiger partial charge in [-0.1, -0.05) is 11.6 Å². The predicted octanol–water partition coefficient (Wildman–Crippen LogP) is 3.11. The molecule has 0 amide bonds. The highest BCUT2D eigenvalue weighted by Gasteiger charge is 2.02. The van der Waals surface area contributed by atoms with Crippen molar-refractivity contribution < 1.29 is 0 Å². The van der Waals surface area contributed by atoms with Crippen molar-refractivity contribution in [2.45, 2.75) is 13.5 Å². The van der Waals surface area contributed by atoms with Crippen LogP contribution in [0.5, 0.6) is 0 Å². The molecule has 78 valence electrons. The van der Waals surface area contributed by atoms with E-state index in [0.717, 1.165) is 17.9 Å². The van der Waals surface area contributed by atoms with Gasteiger partial charge in [0.1, 0.15) is 0 Å². The third-order valence-electron chi connectivity index (χ3n) is 2.05. The first-order valence-corrected chi connectivity index (χ1v) is 5.75. The Morgan fingerprint density at radius 1 is 1.53 bits per heavy atom. The predicted molar refractivity (Wildman–Crippen MR) is 63.4 cm³/mol. The highest BCUT2D eigenvalue weighted by atomic mass is 35.5. The van der Waals surface area contributed by atoms with Crippen molar-refractivity contribution in [3.05, 3.63) is 39.6 Å². The molecule has 0 aliphatic rings. The number of hydrogen-bond donors (Lipinski definition) is 1. The van der Waals surface area contributed by atoms with E-state index in [1.54, 1.807) is 29.8 Å². The summed E-state index contributed by atoms with van der Waals surface area (Å²) >= 11 is 7.63. The lowest BCUT2D eigenvalue weighted by molar-refractivity contribution is 1.11.